The maximum atomic E-state index is 5.50. The van der Waals surface area contributed by atoms with Crippen molar-refractivity contribution in [2.75, 3.05) is 0 Å². The maximum absolute atomic E-state index is 5.50. The van der Waals surface area contributed by atoms with Gasteiger partial charge in [-0.3, -0.25) is 5.10 Å². The van der Waals surface area contributed by atoms with Crippen LogP contribution in [0.2, 0.25) is 0 Å². The van der Waals surface area contributed by atoms with Crippen LogP contribution in [-0.2, 0) is 6.54 Å². The van der Waals surface area contributed by atoms with Gasteiger partial charge in [0.1, 0.15) is 0 Å². The van der Waals surface area contributed by atoms with E-state index in [4.69, 9.17) is 5.73 Å². The average Bonchev–Trinajstić information content (AvgIpc) is 2.46. The second kappa shape index (κ2) is 2.84. The molecule has 0 aliphatic carbocycles. The smallest absolute Gasteiger partial charge is 0.181 e. The first kappa shape index (κ1) is 7.70. The largest absolute Gasteiger partial charge is 0.325 e. The molecule has 2 aromatic heterocycles. The summed E-state index contributed by atoms with van der Waals surface area (Å²) in [6, 6.07) is 1.95. The molecule has 2 aromatic rings. The zero-order valence-electron chi connectivity index (χ0n) is 6.21. The van der Waals surface area contributed by atoms with Crippen LogP contribution in [0, 0.1) is 0 Å². The molecule has 0 spiro atoms. The molecule has 62 valence electrons. The molecule has 0 unspecified atom stereocenters. The van der Waals surface area contributed by atoms with E-state index in [1.807, 2.05) is 6.07 Å². The molecule has 0 amide bonds. The summed E-state index contributed by atoms with van der Waals surface area (Å²) in [4.78, 5) is 4.10. The number of nitrogens with one attached hydrogen (secondary N) is 1. The standard InChI is InChI=1S/C7H7BrN4/c8-4-1-5-6(2-9)11-12-7(5)10-3-4/h1,3H,2,9H2,(H,10,11,12). The summed E-state index contributed by atoms with van der Waals surface area (Å²) < 4.78 is 0.936. The minimum atomic E-state index is 0.453. The van der Waals surface area contributed by atoms with Crippen LogP contribution in [0.4, 0.5) is 0 Å². The normalized spacial score (nSPS) is 10.8. The van der Waals surface area contributed by atoms with Crippen LogP contribution in [0.5, 0.6) is 0 Å². The number of pyridine rings is 1. The summed E-state index contributed by atoms with van der Waals surface area (Å²) in [7, 11) is 0. The van der Waals surface area contributed by atoms with Crippen LogP contribution >= 0.6 is 15.9 Å². The van der Waals surface area contributed by atoms with E-state index in [0.29, 0.717) is 12.2 Å². The SMILES string of the molecule is NCc1[nH]nc2ncc(Br)cc12. The molecule has 5 heteroatoms. The summed E-state index contributed by atoms with van der Waals surface area (Å²) >= 11 is 3.34. The number of fused-ring (bicyclic) bond motifs is 1. The second-order valence-electron chi connectivity index (χ2n) is 2.43. The van der Waals surface area contributed by atoms with E-state index in [-0.39, 0.29) is 0 Å². The van der Waals surface area contributed by atoms with Crippen molar-refractivity contribution in [1.29, 1.82) is 0 Å². The van der Waals surface area contributed by atoms with Crippen LogP contribution in [0.1, 0.15) is 5.69 Å². The van der Waals surface area contributed by atoms with Crippen molar-refractivity contribution in [3.8, 4) is 0 Å². The Morgan fingerprint density at radius 2 is 2.42 bits per heavy atom. The van der Waals surface area contributed by atoms with E-state index < -0.39 is 0 Å². The van der Waals surface area contributed by atoms with Crippen molar-refractivity contribution >= 4 is 27.0 Å². The molecule has 2 rings (SSSR count). The lowest BCUT2D eigenvalue weighted by Crippen LogP contribution is -1.96. The predicted molar refractivity (Wildman–Crippen MR) is 49.5 cm³/mol. The summed E-state index contributed by atoms with van der Waals surface area (Å²) in [6.45, 7) is 0.453. The number of H-pyrrole nitrogens is 1. The molecule has 2 heterocycles. The molecule has 0 bridgehead atoms. The highest BCUT2D eigenvalue weighted by atomic mass is 79.9. The number of nitrogens with two attached hydrogens (primary N) is 1. The van der Waals surface area contributed by atoms with Crippen molar-refractivity contribution in [3.05, 3.63) is 22.4 Å². The lowest BCUT2D eigenvalue weighted by Gasteiger charge is -1.91. The van der Waals surface area contributed by atoms with Crippen LogP contribution in [0.3, 0.4) is 0 Å². The Labute approximate surface area is 77.3 Å². The molecule has 0 radical (unpaired) electrons. The monoisotopic (exact) mass is 226 g/mol. The van der Waals surface area contributed by atoms with Gasteiger partial charge in [0.15, 0.2) is 5.65 Å². The van der Waals surface area contributed by atoms with E-state index in [1.54, 1.807) is 6.20 Å². The highest BCUT2D eigenvalue weighted by Gasteiger charge is 2.04. The Hall–Kier alpha value is -0.940. The highest BCUT2D eigenvalue weighted by molar-refractivity contribution is 9.10. The van der Waals surface area contributed by atoms with E-state index in [0.717, 1.165) is 15.6 Å². The Bertz CT molecular complexity index is 409. The molecule has 0 saturated carbocycles. The van der Waals surface area contributed by atoms with Gasteiger partial charge in [-0.2, -0.15) is 5.10 Å². The minimum Gasteiger partial charge on any atom is -0.325 e. The van der Waals surface area contributed by atoms with Gasteiger partial charge >= 0.3 is 0 Å². The molecular formula is C7H7BrN4. The number of rotatable bonds is 1. The van der Waals surface area contributed by atoms with Crippen LogP contribution in [-0.4, -0.2) is 15.2 Å². The molecule has 12 heavy (non-hydrogen) atoms. The topological polar surface area (TPSA) is 67.6 Å². The fraction of sp³-hybridized carbons (Fsp3) is 0.143. The zero-order chi connectivity index (χ0) is 8.55. The first-order valence-corrected chi connectivity index (χ1v) is 4.29. The summed E-state index contributed by atoms with van der Waals surface area (Å²) in [6.07, 6.45) is 1.71. The van der Waals surface area contributed by atoms with Gasteiger partial charge in [0.25, 0.3) is 0 Å². The van der Waals surface area contributed by atoms with Crippen molar-refractivity contribution in [1.82, 2.24) is 15.2 Å². The van der Waals surface area contributed by atoms with Crippen molar-refractivity contribution < 1.29 is 0 Å². The third-order valence-corrected chi connectivity index (χ3v) is 2.09. The fourth-order valence-electron chi connectivity index (χ4n) is 1.08. The van der Waals surface area contributed by atoms with E-state index in [2.05, 4.69) is 31.1 Å². The van der Waals surface area contributed by atoms with Gasteiger partial charge in [-0.15, -0.1) is 0 Å². The van der Waals surface area contributed by atoms with Crippen molar-refractivity contribution in [2.45, 2.75) is 6.54 Å². The van der Waals surface area contributed by atoms with Gasteiger partial charge < -0.3 is 5.73 Å². The molecule has 0 aliphatic rings. The third-order valence-electron chi connectivity index (χ3n) is 1.66. The van der Waals surface area contributed by atoms with Crippen molar-refractivity contribution in [2.24, 2.45) is 5.73 Å². The van der Waals surface area contributed by atoms with Gasteiger partial charge in [-0.05, 0) is 22.0 Å². The Morgan fingerprint density at radius 1 is 1.58 bits per heavy atom. The molecular weight excluding hydrogens is 220 g/mol. The molecule has 0 aliphatic heterocycles. The van der Waals surface area contributed by atoms with E-state index in [9.17, 15) is 0 Å². The third kappa shape index (κ3) is 1.11. The van der Waals surface area contributed by atoms with Gasteiger partial charge in [0, 0.05) is 22.6 Å². The lowest BCUT2D eigenvalue weighted by atomic mass is 10.3. The van der Waals surface area contributed by atoms with Crippen LogP contribution in [0.15, 0.2) is 16.7 Å². The number of halogens is 1. The molecule has 4 nitrogen and oxygen atoms in total. The first-order valence-electron chi connectivity index (χ1n) is 3.50. The predicted octanol–water partition coefficient (Wildman–Crippen LogP) is 1.18. The van der Waals surface area contributed by atoms with Gasteiger partial charge in [0.05, 0.1) is 5.69 Å². The van der Waals surface area contributed by atoms with Gasteiger partial charge in [-0.25, -0.2) is 4.98 Å². The summed E-state index contributed by atoms with van der Waals surface area (Å²) in [5, 5.41) is 7.80. The first-order chi connectivity index (χ1) is 5.81. The number of aromatic amines is 1. The highest BCUT2D eigenvalue weighted by Crippen LogP contribution is 2.17. The molecule has 0 fully saturated rings. The van der Waals surface area contributed by atoms with E-state index >= 15 is 0 Å². The fourth-order valence-corrected chi connectivity index (χ4v) is 1.41. The van der Waals surface area contributed by atoms with Gasteiger partial charge in [0.2, 0.25) is 0 Å². The Kier molecular flexibility index (Phi) is 1.82. The average molecular weight is 227 g/mol. The molecule has 3 N–H and O–H groups in total. The van der Waals surface area contributed by atoms with E-state index in [1.165, 1.54) is 0 Å². The van der Waals surface area contributed by atoms with Crippen LogP contribution in [0.25, 0.3) is 11.0 Å². The molecule has 0 aromatic carbocycles. The van der Waals surface area contributed by atoms with Crippen molar-refractivity contribution in [3.63, 3.8) is 0 Å². The number of nitrogens with zero attached hydrogens (tertiary/aromatic N) is 2. The summed E-state index contributed by atoms with van der Waals surface area (Å²) in [5.41, 5.74) is 7.12. The lowest BCUT2D eigenvalue weighted by molar-refractivity contribution is 0.956. The maximum Gasteiger partial charge on any atom is 0.181 e. The number of hydrogen-bond donors (Lipinski definition) is 2. The second-order valence-corrected chi connectivity index (χ2v) is 3.35. The quantitative estimate of drug-likeness (QED) is 0.768. The Balaban J connectivity index is 2.75. The summed E-state index contributed by atoms with van der Waals surface area (Å²) in [5.74, 6) is 0. The molecule has 0 saturated heterocycles. The molecule has 0 atom stereocenters. The minimum absolute atomic E-state index is 0.453. The zero-order valence-corrected chi connectivity index (χ0v) is 7.80. The van der Waals surface area contributed by atoms with Gasteiger partial charge in [-0.1, -0.05) is 0 Å². The van der Waals surface area contributed by atoms with Crippen LogP contribution < -0.4 is 5.73 Å². The number of aromatic nitrogens is 3. The Morgan fingerprint density at radius 3 is 3.17 bits per heavy atom. The number of hydrogen-bond acceptors (Lipinski definition) is 3.